The van der Waals surface area contributed by atoms with Crippen LogP contribution in [0.15, 0.2) is 89.8 Å². The Morgan fingerprint density at radius 2 is 1.45 bits per heavy atom. The molecule has 0 aliphatic carbocycles. The minimum atomic E-state index is -3.83. The topological polar surface area (TPSA) is 49.2 Å². The molecule has 1 aliphatic heterocycles. The Bertz CT molecular complexity index is 1140. The molecule has 3 aromatic carbocycles. The number of nitrogens with zero attached hydrogens (tertiary/aromatic N) is 1. The highest BCUT2D eigenvalue weighted by Crippen LogP contribution is 2.64. The Balaban J connectivity index is 1.85. The first-order chi connectivity index (χ1) is 14.8. The second-order valence-corrected chi connectivity index (χ2v) is 10.8. The highest BCUT2D eigenvalue weighted by molar-refractivity contribution is 7.89. The van der Waals surface area contributed by atoms with E-state index in [0.29, 0.717) is 5.02 Å². The van der Waals surface area contributed by atoms with Gasteiger partial charge >= 0.3 is 0 Å². The lowest BCUT2D eigenvalue weighted by molar-refractivity contribution is 0.416. The molecule has 4 rings (SSSR count). The van der Waals surface area contributed by atoms with Gasteiger partial charge in [-0.3, -0.25) is 0 Å². The maximum atomic E-state index is 13.7. The van der Waals surface area contributed by atoms with Crippen molar-refractivity contribution in [1.82, 2.24) is 9.62 Å². The second-order valence-electron chi connectivity index (χ2n) is 7.96. The molecule has 0 aromatic heterocycles. The number of halogens is 2. The van der Waals surface area contributed by atoms with Crippen molar-refractivity contribution in [2.24, 2.45) is 0 Å². The molecule has 0 amide bonds. The van der Waals surface area contributed by atoms with E-state index in [-0.39, 0.29) is 10.9 Å². The molecule has 1 unspecified atom stereocenters. The van der Waals surface area contributed by atoms with Gasteiger partial charge in [0.05, 0.1) is 17.0 Å². The van der Waals surface area contributed by atoms with E-state index in [1.165, 1.54) is 4.31 Å². The van der Waals surface area contributed by atoms with E-state index >= 15 is 0 Å². The molecule has 0 spiro atoms. The molecule has 1 aliphatic rings. The summed E-state index contributed by atoms with van der Waals surface area (Å²) in [4.78, 5) is -0.994. The van der Waals surface area contributed by atoms with Crippen molar-refractivity contribution in [3.63, 3.8) is 0 Å². The fourth-order valence-corrected chi connectivity index (χ4v) is 6.75. The quantitative estimate of drug-likeness (QED) is 0.269. The Morgan fingerprint density at radius 3 is 2.00 bits per heavy atom. The average Bonchev–Trinajstić information content (AvgIpc) is 3.41. The summed E-state index contributed by atoms with van der Waals surface area (Å²) < 4.78 is 28.7. The fourth-order valence-electron chi connectivity index (χ4n) is 4.01. The smallest absolute Gasteiger partial charge is 0.245 e. The van der Waals surface area contributed by atoms with Gasteiger partial charge in [-0.25, -0.2) is 8.42 Å². The van der Waals surface area contributed by atoms with Crippen LogP contribution in [0.4, 0.5) is 0 Å². The van der Waals surface area contributed by atoms with Crippen molar-refractivity contribution in [3.05, 3.63) is 101 Å². The van der Waals surface area contributed by atoms with Gasteiger partial charge in [-0.05, 0) is 35.4 Å². The Kier molecular flexibility index (Phi) is 6.16. The second kappa shape index (κ2) is 8.57. The SMILES string of the molecule is CC(C)N[C@@H](c1ccc(Cl)cc1)[C@]1(Cl)[C@@H](c2ccccc2)N1S(=O)(=O)c1ccccc1. The summed E-state index contributed by atoms with van der Waals surface area (Å²) in [6.45, 7) is 4.03. The average molecular weight is 475 g/mol. The minimum Gasteiger partial charge on any atom is -0.305 e. The third-order valence-electron chi connectivity index (χ3n) is 5.41. The van der Waals surface area contributed by atoms with Crippen LogP contribution in [0, 0.1) is 0 Å². The van der Waals surface area contributed by atoms with E-state index in [1.807, 2.05) is 56.3 Å². The lowest BCUT2D eigenvalue weighted by Gasteiger charge is -2.27. The number of hydrogen-bond donors (Lipinski definition) is 1. The summed E-state index contributed by atoms with van der Waals surface area (Å²) >= 11 is 13.4. The molecule has 4 nitrogen and oxygen atoms in total. The van der Waals surface area contributed by atoms with Crippen molar-refractivity contribution in [2.75, 3.05) is 0 Å². The number of hydrogen-bond acceptors (Lipinski definition) is 3. The molecule has 3 aromatic rings. The Morgan fingerprint density at radius 1 is 0.903 bits per heavy atom. The van der Waals surface area contributed by atoms with E-state index in [4.69, 9.17) is 23.2 Å². The Hall–Kier alpha value is -1.89. The number of benzene rings is 3. The first-order valence-electron chi connectivity index (χ1n) is 10.1. The molecule has 162 valence electrons. The number of nitrogens with one attached hydrogen (secondary N) is 1. The van der Waals surface area contributed by atoms with Crippen molar-refractivity contribution in [2.45, 2.75) is 41.9 Å². The van der Waals surface area contributed by atoms with Gasteiger partial charge in [0.1, 0.15) is 0 Å². The minimum absolute atomic E-state index is 0.0783. The highest BCUT2D eigenvalue weighted by atomic mass is 35.5. The van der Waals surface area contributed by atoms with Crippen molar-refractivity contribution in [3.8, 4) is 0 Å². The first-order valence-corrected chi connectivity index (χ1v) is 12.3. The highest BCUT2D eigenvalue weighted by Gasteiger charge is 2.72. The van der Waals surface area contributed by atoms with Crippen LogP contribution in [-0.2, 0) is 10.0 Å². The van der Waals surface area contributed by atoms with Crippen LogP contribution in [0.3, 0.4) is 0 Å². The van der Waals surface area contributed by atoms with Crippen molar-refractivity contribution in [1.29, 1.82) is 0 Å². The molecular formula is C24H24Cl2N2O2S. The summed E-state index contributed by atoms with van der Waals surface area (Å²) in [7, 11) is -3.83. The van der Waals surface area contributed by atoms with E-state index in [0.717, 1.165) is 11.1 Å². The van der Waals surface area contributed by atoms with Gasteiger partial charge in [0, 0.05) is 11.1 Å². The van der Waals surface area contributed by atoms with Crippen LogP contribution in [0.2, 0.25) is 5.02 Å². The van der Waals surface area contributed by atoms with Crippen molar-refractivity contribution >= 4 is 33.2 Å². The molecular weight excluding hydrogens is 451 g/mol. The van der Waals surface area contributed by atoms with Gasteiger partial charge in [-0.15, -0.1) is 0 Å². The maximum absolute atomic E-state index is 13.7. The van der Waals surface area contributed by atoms with Gasteiger partial charge in [-0.2, -0.15) is 4.31 Å². The zero-order valence-electron chi connectivity index (χ0n) is 17.2. The van der Waals surface area contributed by atoms with Crippen LogP contribution in [0.5, 0.6) is 0 Å². The molecule has 1 fully saturated rings. The van der Waals surface area contributed by atoms with Gasteiger partial charge < -0.3 is 5.32 Å². The molecule has 1 N–H and O–H groups in total. The van der Waals surface area contributed by atoms with E-state index < -0.39 is 27.1 Å². The van der Waals surface area contributed by atoms with Gasteiger partial charge in [0.15, 0.2) is 5.00 Å². The fraction of sp³-hybridized carbons (Fsp3) is 0.250. The lowest BCUT2D eigenvalue weighted by Crippen LogP contribution is -2.39. The predicted molar refractivity (Wildman–Crippen MR) is 126 cm³/mol. The van der Waals surface area contributed by atoms with Crippen molar-refractivity contribution < 1.29 is 8.42 Å². The first kappa shape index (κ1) is 22.3. The van der Waals surface area contributed by atoms with Crippen LogP contribution in [0.1, 0.15) is 37.1 Å². The monoisotopic (exact) mass is 474 g/mol. The number of alkyl halides is 1. The summed E-state index contributed by atoms with van der Waals surface area (Å²) in [6.07, 6.45) is 0. The van der Waals surface area contributed by atoms with Crippen LogP contribution >= 0.6 is 23.2 Å². The molecule has 31 heavy (non-hydrogen) atoms. The molecule has 1 heterocycles. The number of sulfonamides is 1. The zero-order valence-corrected chi connectivity index (χ0v) is 19.6. The Labute approximate surface area is 193 Å². The molecule has 1 saturated heterocycles. The normalized spacial score (nSPS) is 24.2. The lowest BCUT2D eigenvalue weighted by atomic mass is 9.97. The maximum Gasteiger partial charge on any atom is 0.245 e. The molecule has 0 saturated carbocycles. The van der Waals surface area contributed by atoms with Crippen LogP contribution in [0.25, 0.3) is 0 Å². The predicted octanol–water partition coefficient (Wildman–Crippen LogP) is 5.76. The summed E-state index contributed by atoms with van der Waals surface area (Å²) in [5, 5.41) is 4.10. The largest absolute Gasteiger partial charge is 0.305 e. The standard InChI is InChI=1S/C24H24Cl2N2O2S/c1-17(2)27-22(18-13-15-20(25)16-14-18)24(26)23(19-9-5-3-6-10-19)28(24)31(29,30)21-11-7-4-8-12-21/h3-17,22-23,27H,1-2H3/t22-,23+,24+,28?/m0/s1. The number of rotatable bonds is 7. The van der Waals surface area contributed by atoms with Crippen LogP contribution < -0.4 is 5.32 Å². The van der Waals surface area contributed by atoms with E-state index in [9.17, 15) is 8.42 Å². The van der Waals surface area contributed by atoms with E-state index in [1.54, 1.807) is 42.5 Å². The summed E-state index contributed by atoms with van der Waals surface area (Å²) in [5.41, 5.74) is 1.72. The molecule has 0 radical (unpaired) electrons. The van der Waals surface area contributed by atoms with E-state index in [2.05, 4.69) is 5.32 Å². The zero-order chi connectivity index (χ0) is 22.2. The molecule has 7 heteroatoms. The third kappa shape index (κ3) is 4.13. The molecule has 0 bridgehead atoms. The van der Waals surface area contributed by atoms with Gasteiger partial charge in [-0.1, -0.05) is 97.7 Å². The summed E-state index contributed by atoms with van der Waals surface area (Å²) in [6, 6.07) is 24.4. The van der Waals surface area contributed by atoms with Gasteiger partial charge in [0.25, 0.3) is 0 Å². The van der Waals surface area contributed by atoms with Gasteiger partial charge in [0.2, 0.25) is 10.0 Å². The molecule has 4 atom stereocenters. The summed E-state index contributed by atoms with van der Waals surface area (Å²) in [5.74, 6) is 0. The third-order valence-corrected chi connectivity index (χ3v) is 8.27. The van der Waals surface area contributed by atoms with Crippen LogP contribution in [-0.4, -0.2) is 23.8 Å².